The fourth-order valence-electron chi connectivity index (χ4n) is 2.53. The Labute approximate surface area is 135 Å². The number of para-hydroxylation sites is 1. The molecule has 0 aliphatic carbocycles. The first-order valence-corrected chi connectivity index (χ1v) is 7.41. The van der Waals surface area contributed by atoms with Crippen molar-refractivity contribution in [3.8, 4) is 16.9 Å². The van der Waals surface area contributed by atoms with E-state index in [-0.39, 0.29) is 17.2 Å². The second-order valence-corrected chi connectivity index (χ2v) is 5.33. The number of anilines is 1. The molecule has 0 unspecified atom stereocenters. The standard InChI is InChI=1S/C20H17NO2/c1-14-8-5-6-12-17(14)21-20(23)19-16(11-7-13-18(19)22)15-9-3-2-4-10-15/h2-13,22H,1H3,(H,21,23). The lowest BCUT2D eigenvalue weighted by Gasteiger charge is -2.13. The molecule has 2 N–H and O–H groups in total. The number of hydrogen-bond acceptors (Lipinski definition) is 2. The van der Waals surface area contributed by atoms with E-state index in [4.69, 9.17) is 0 Å². The van der Waals surface area contributed by atoms with Crippen molar-refractivity contribution in [1.82, 2.24) is 0 Å². The smallest absolute Gasteiger partial charge is 0.260 e. The molecule has 0 atom stereocenters. The van der Waals surface area contributed by atoms with Crippen LogP contribution in [0.1, 0.15) is 15.9 Å². The van der Waals surface area contributed by atoms with Crippen LogP contribution >= 0.6 is 0 Å². The fraction of sp³-hybridized carbons (Fsp3) is 0.0500. The van der Waals surface area contributed by atoms with Crippen LogP contribution in [0.15, 0.2) is 72.8 Å². The molecule has 0 radical (unpaired) electrons. The van der Waals surface area contributed by atoms with Gasteiger partial charge >= 0.3 is 0 Å². The molecule has 0 aliphatic heterocycles. The van der Waals surface area contributed by atoms with Crippen LogP contribution in [-0.2, 0) is 0 Å². The lowest BCUT2D eigenvalue weighted by molar-refractivity contribution is 0.102. The molecule has 3 rings (SSSR count). The summed E-state index contributed by atoms with van der Waals surface area (Å²) in [5, 5.41) is 13.1. The predicted molar refractivity (Wildman–Crippen MR) is 92.7 cm³/mol. The van der Waals surface area contributed by atoms with Gasteiger partial charge in [-0.3, -0.25) is 4.79 Å². The van der Waals surface area contributed by atoms with E-state index >= 15 is 0 Å². The first-order chi connectivity index (χ1) is 11.2. The summed E-state index contributed by atoms with van der Waals surface area (Å²) in [7, 11) is 0. The van der Waals surface area contributed by atoms with Crippen LogP contribution in [0.25, 0.3) is 11.1 Å². The summed E-state index contributed by atoms with van der Waals surface area (Å²) in [5.41, 5.74) is 3.58. The van der Waals surface area contributed by atoms with Crippen LogP contribution in [0.4, 0.5) is 5.69 Å². The van der Waals surface area contributed by atoms with Crippen molar-refractivity contribution in [3.05, 3.63) is 83.9 Å². The van der Waals surface area contributed by atoms with Crippen LogP contribution in [0.5, 0.6) is 5.75 Å². The van der Waals surface area contributed by atoms with E-state index in [2.05, 4.69) is 5.32 Å². The Kier molecular flexibility index (Phi) is 4.11. The van der Waals surface area contributed by atoms with E-state index in [9.17, 15) is 9.90 Å². The summed E-state index contributed by atoms with van der Waals surface area (Å²) in [4.78, 5) is 12.7. The molecule has 3 aromatic rings. The maximum absolute atomic E-state index is 12.7. The normalized spacial score (nSPS) is 10.3. The molecule has 0 aromatic heterocycles. The van der Waals surface area contributed by atoms with Gasteiger partial charge in [-0.05, 0) is 35.7 Å². The topological polar surface area (TPSA) is 49.3 Å². The molecule has 114 valence electrons. The monoisotopic (exact) mass is 303 g/mol. The highest BCUT2D eigenvalue weighted by molar-refractivity contribution is 6.10. The Balaban J connectivity index is 2.03. The zero-order valence-electron chi connectivity index (χ0n) is 12.8. The predicted octanol–water partition coefficient (Wildman–Crippen LogP) is 4.62. The van der Waals surface area contributed by atoms with Gasteiger partial charge in [0.1, 0.15) is 5.75 Å². The van der Waals surface area contributed by atoms with Crippen LogP contribution in [0.3, 0.4) is 0 Å². The molecule has 3 heteroatoms. The van der Waals surface area contributed by atoms with Gasteiger partial charge in [-0.15, -0.1) is 0 Å². The van der Waals surface area contributed by atoms with Crippen molar-refractivity contribution in [2.45, 2.75) is 6.92 Å². The molecule has 3 aromatic carbocycles. The Bertz CT molecular complexity index is 841. The highest BCUT2D eigenvalue weighted by atomic mass is 16.3. The Hall–Kier alpha value is -3.07. The molecular formula is C20H17NO2. The van der Waals surface area contributed by atoms with Crippen molar-refractivity contribution < 1.29 is 9.90 Å². The number of carbonyl (C=O) groups is 1. The number of benzene rings is 3. The van der Waals surface area contributed by atoms with Crippen molar-refractivity contribution in [2.24, 2.45) is 0 Å². The van der Waals surface area contributed by atoms with Crippen molar-refractivity contribution in [2.75, 3.05) is 5.32 Å². The molecule has 0 aliphatic rings. The summed E-state index contributed by atoms with van der Waals surface area (Å²) < 4.78 is 0. The summed E-state index contributed by atoms with van der Waals surface area (Å²) in [5.74, 6) is -0.353. The summed E-state index contributed by atoms with van der Waals surface area (Å²) in [6.07, 6.45) is 0. The first-order valence-electron chi connectivity index (χ1n) is 7.41. The molecular weight excluding hydrogens is 286 g/mol. The Morgan fingerprint density at radius 2 is 1.57 bits per heavy atom. The number of phenolic OH excluding ortho intramolecular Hbond substituents is 1. The van der Waals surface area contributed by atoms with Gasteiger partial charge in [0.25, 0.3) is 5.91 Å². The number of aromatic hydroxyl groups is 1. The van der Waals surface area contributed by atoms with Gasteiger partial charge in [-0.2, -0.15) is 0 Å². The number of rotatable bonds is 3. The van der Waals surface area contributed by atoms with Gasteiger partial charge < -0.3 is 10.4 Å². The third kappa shape index (κ3) is 3.09. The minimum Gasteiger partial charge on any atom is -0.507 e. The van der Waals surface area contributed by atoms with E-state index in [1.807, 2.05) is 67.6 Å². The lowest BCUT2D eigenvalue weighted by atomic mass is 9.98. The van der Waals surface area contributed by atoms with Crippen molar-refractivity contribution in [1.29, 1.82) is 0 Å². The van der Waals surface area contributed by atoms with Gasteiger partial charge in [0.15, 0.2) is 0 Å². The molecule has 23 heavy (non-hydrogen) atoms. The van der Waals surface area contributed by atoms with Gasteiger partial charge in [0.2, 0.25) is 0 Å². The highest BCUT2D eigenvalue weighted by Crippen LogP contribution is 2.31. The average Bonchev–Trinajstić information content (AvgIpc) is 2.57. The number of aryl methyl sites for hydroxylation is 1. The Morgan fingerprint density at radius 1 is 0.870 bits per heavy atom. The molecule has 0 spiro atoms. The number of carbonyl (C=O) groups excluding carboxylic acids is 1. The van der Waals surface area contributed by atoms with Gasteiger partial charge in [0.05, 0.1) is 5.56 Å². The fourth-order valence-corrected chi connectivity index (χ4v) is 2.53. The summed E-state index contributed by atoms with van der Waals surface area (Å²) >= 11 is 0. The summed E-state index contributed by atoms with van der Waals surface area (Å²) in [6, 6.07) is 22.2. The van der Waals surface area contributed by atoms with Crippen molar-refractivity contribution >= 4 is 11.6 Å². The van der Waals surface area contributed by atoms with Gasteiger partial charge in [0, 0.05) is 5.69 Å². The van der Waals surface area contributed by atoms with Crippen LogP contribution < -0.4 is 5.32 Å². The third-order valence-electron chi connectivity index (χ3n) is 3.75. The molecule has 0 saturated carbocycles. The third-order valence-corrected chi connectivity index (χ3v) is 3.75. The average molecular weight is 303 g/mol. The molecule has 0 bridgehead atoms. The van der Waals surface area contributed by atoms with Crippen molar-refractivity contribution in [3.63, 3.8) is 0 Å². The summed E-state index contributed by atoms with van der Waals surface area (Å²) in [6.45, 7) is 1.93. The van der Waals surface area contributed by atoms with Gasteiger partial charge in [-0.1, -0.05) is 60.7 Å². The van der Waals surface area contributed by atoms with Crippen LogP contribution in [0.2, 0.25) is 0 Å². The van der Waals surface area contributed by atoms with E-state index < -0.39 is 0 Å². The molecule has 0 saturated heterocycles. The minimum absolute atomic E-state index is 0.0302. The number of hydrogen-bond donors (Lipinski definition) is 2. The number of phenols is 1. The highest BCUT2D eigenvalue weighted by Gasteiger charge is 2.17. The number of amides is 1. The lowest BCUT2D eigenvalue weighted by Crippen LogP contribution is -2.14. The van der Waals surface area contributed by atoms with E-state index in [1.165, 1.54) is 6.07 Å². The van der Waals surface area contributed by atoms with Crippen LogP contribution in [0, 0.1) is 6.92 Å². The second-order valence-electron chi connectivity index (χ2n) is 5.33. The largest absolute Gasteiger partial charge is 0.507 e. The van der Waals surface area contributed by atoms with E-state index in [1.54, 1.807) is 6.07 Å². The maximum Gasteiger partial charge on any atom is 0.260 e. The Morgan fingerprint density at radius 3 is 2.30 bits per heavy atom. The van der Waals surface area contributed by atoms with E-state index in [0.29, 0.717) is 5.56 Å². The van der Waals surface area contributed by atoms with E-state index in [0.717, 1.165) is 16.8 Å². The second kappa shape index (κ2) is 6.36. The molecule has 0 fully saturated rings. The SMILES string of the molecule is Cc1ccccc1NC(=O)c1c(O)cccc1-c1ccccc1. The minimum atomic E-state index is -0.323. The molecule has 3 nitrogen and oxygen atoms in total. The zero-order chi connectivity index (χ0) is 16.2. The van der Waals surface area contributed by atoms with Gasteiger partial charge in [-0.25, -0.2) is 0 Å². The first kappa shape index (κ1) is 14.9. The maximum atomic E-state index is 12.7. The number of nitrogens with one attached hydrogen (secondary N) is 1. The quantitative estimate of drug-likeness (QED) is 0.741. The zero-order valence-corrected chi connectivity index (χ0v) is 12.8. The molecule has 0 heterocycles. The van der Waals surface area contributed by atoms with Crippen LogP contribution in [-0.4, -0.2) is 11.0 Å². The molecule has 1 amide bonds.